The zero-order valence-corrected chi connectivity index (χ0v) is 23.0. The Hall–Kier alpha value is -4.44. The second-order valence-corrected chi connectivity index (χ2v) is 11.1. The molecule has 0 aliphatic carbocycles. The fraction of sp³-hybridized carbons (Fsp3) is 0.200. The van der Waals surface area contributed by atoms with Gasteiger partial charge in [0.2, 0.25) is 0 Å². The first-order valence-electron chi connectivity index (χ1n) is 13.7. The molecule has 0 spiro atoms. The van der Waals surface area contributed by atoms with Gasteiger partial charge in [-0.15, -0.1) is 0 Å². The van der Waals surface area contributed by atoms with E-state index < -0.39 is 0 Å². The van der Waals surface area contributed by atoms with E-state index in [4.69, 9.17) is 9.40 Å². The van der Waals surface area contributed by atoms with Crippen LogP contribution in [0.4, 0.5) is 0 Å². The van der Waals surface area contributed by atoms with Gasteiger partial charge in [0.15, 0.2) is 0 Å². The lowest BCUT2D eigenvalue weighted by atomic mass is 9.92. The number of benzene rings is 4. The summed E-state index contributed by atoms with van der Waals surface area (Å²) >= 11 is 0. The Labute approximate surface area is 227 Å². The van der Waals surface area contributed by atoms with E-state index >= 15 is 0 Å². The molecule has 39 heavy (non-hydrogen) atoms. The molecule has 0 amide bonds. The second-order valence-electron chi connectivity index (χ2n) is 11.1. The van der Waals surface area contributed by atoms with Crippen molar-refractivity contribution in [2.45, 2.75) is 46.5 Å². The summed E-state index contributed by atoms with van der Waals surface area (Å²) < 4.78 is 9.00. The summed E-state index contributed by atoms with van der Waals surface area (Å²) in [4.78, 5) is 9.87. The first kappa shape index (κ1) is 23.7. The number of hydrogen-bond donors (Lipinski definition) is 0. The lowest BCUT2D eigenvalue weighted by Crippen LogP contribution is -2.08. The van der Waals surface area contributed by atoms with Crippen LogP contribution < -0.4 is 0 Å². The molecule has 0 radical (unpaired) electrons. The Bertz CT molecular complexity index is 2010. The number of pyridine rings is 1. The molecule has 4 aromatic carbocycles. The highest BCUT2D eigenvalue weighted by molar-refractivity contribution is 6.13. The van der Waals surface area contributed by atoms with Crippen molar-refractivity contribution in [2.24, 2.45) is 0 Å². The topological polar surface area (TPSA) is 43.9 Å². The van der Waals surface area contributed by atoms with Gasteiger partial charge in [0.05, 0.1) is 22.5 Å². The number of furan rings is 1. The predicted molar refractivity (Wildman–Crippen MR) is 162 cm³/mol. The van der Waals surface area contributed by atoms with Crippen LogP contribution in [0.1, 0.15) is 56.4 Å². The van der Waals surface area contributed by atoms with E-state index in [1.165, 1.54) is 27.6 Å². The summed E-state index contributed by atoms with van der Waals surface area (Å²) in [7, 11) is 0. The average Bonchev–Trinajstić information content (AvgIpc) is 3.50. The molecular weight excluding hydrogens is 478 g/mol. The van der Waals surface area contributed by atoms with Crippen molar-refractivity contribution in [1.82, 2.24) is 14.5 Å². The van der Waals surface area contributed by atoms with Crippen LogP contribution in [0.15, 0.2) is 89.5 Å². The number of aromatic nitrogens is 3. The van der Waals surface area contributed by atoms with E-state index in [2.05, 4.69) is 116 Å². The van der Waals surface area contributed by atoms with Crippen molar-refractivity contribution in [3.63, 3.8) is 0 Å². The molecule has 0 aliphatic rings. The molecule has 0 atom stereocenters. The van der Waals surface area contributed by atoms with Crippen LogP contribution in [-0.4, -0.2) is 14.5 Å². The van der Waals surface area contributed by atoms with Gasteiger partial charge in [-0.1, -0.05) is 82.3 Å². The van der Waals surface area contributed by atoms with Crippen LogP contribution >= 0.6 is 0 Å². The molecule has 7 aromatic rings. The van der Waals surface area contributed by atoms with E-state index in [1.807, 2.05) is 13.1 Å². The molecule has 4 heteroatoms. The third-order valence-electron chi connectivity index (χ3n) is 7.93. The Morgan fingerprint density at radius 2 is 1.44 bits per heavy atom. The van der Waals surface area contributed by atoms with Gasteiger partial charge < -0.3 is 4.42 Å². The monoisotopic (exact) mass is 509 g/mol. The molecule has 192 valence electrons. The number of para-hydroxylation sites is 2. The van der Waals surface area contributed by atoms with Gasteiger partial charge in [-0.25, -0.2) is 4.98 Å². The molecule has 3 aromatic heterocycles. The maximum absolute atomic E-state index is 6.65. The molecule has 0 bridgehead atoms. The minimum absolute atomic E-state index is 0.348. The average molecular weight is 510 g/mol. The zero-order valence-electron chi connectivity index (χ0n) is 23.0. The largest absolute Gasteiger partial charge is 0.455 e. The summed E-state index contributed by atoms with van der Waals surface area (Å²) in [5, 5.41) is 4.60. The lowest BCUT2D eigenvalue weighted by Gasteiger charge is -2.22. The number of fused-ring (bicyclic) bond motifs is 5. The number of rotatable bonds is 4. The van der Waals surface area contributed by atoms with E-state index in [-0.39, 0.29) is 0 Å². The summed E-state index contributed by atoms with van der Waals surface area (Å²) in [5.74, 6) is 1.58. The number of imidazole rings is 1. The minimum Gasteiger partial charge on any atom is -0.455 e. The van der Waals surface area contributed by atoms with Crippen molar-refractivity contribution >= 4 is 43.7 Å². The molecule has 0 aliphatic heterocycles. The normalized spacial score (nSPS) is 12.2. The van der Waals surface area contributed by atoms with Crippen molar-refractivity contribution in [3.05, 3.63) is 102 Å². The first-order chi connectivity index (χ1) is 18.9. The predicted octanol–water partition coefficient (Wildman–Crippen LogP) is 9.70. The van der Waals surface area contributed by atoms with Crippen molar-refractivity contribution in [2.75, 3.05) is 0 Å². The third-order valence-corrected chi connectivity index (χ3v) is 7.93. The van der Waals surface area contributed by atoms with Gasteiger partial charge in [0, 0.05) is 17.0 Å². The fourth-order valence-corrected chi connectivity index (χ4v) is 5.97. The van der Waals surface area contributed by atoms with Gasteiger partial charge >= 0.3 is 0 Å². The van der Waals surface area contributed by atoms with E-state index in [0.29, 0.717) is 11.8 Å². The molecule has 0 N–H and O–H groups in total. The molecular formula is C35H31N3O. The van der Waals surface area contributed by atoms with Crippen molar-refractivity contribution in [1.29, 1.82) is 0 Å². The van der Waals surface area contributed by atoms with Crippen molar-refractivity contribution < 1.29 is 4.42 Å². The fourth-order valence-electron chi connectivity index (χ4n) is 5.97. The Balaban J connectivity index is 1.62. The van der Waals surface area contributed by atoms with Gasteiger partial charge in [0.25, 0.3) is 0 Å². The zero-order chi connectivity index (χ0) is 26.8. The Morgan fingerprint density at radius 3 is 2.15 bits per heavy atom. The SMILES string of the molecule is Cc1nccc2c1nc(-c1cccc3c1oc1cc4ccccc4cc13)n2-c1c(C(C)C)cccc1C(C)C. The quantitative estimate of drug-likeness (QED) is 0.237. The van der Waals surface area contributed by atoms with Gasteiger partial charge in [0.1, 0.15) is 22.5 Å². The van der Waals surface area contributed by atoms with Crippen LogP contribution in [0.25, 0.3) is 60.8 Å². The molecule has 3 heterocycles. The molecule has 4 nitrogen and oxygen atoms in total. The molecule has 0 saturated carbocycles. The van der Waals surface area contributed by atoms with E-state index in [0.717, 1.165) is 50.1 Å². The lowest BCUT2D eigenvalue weighted by molar-refractivity contribution is 0.670. The maximum atomic E-state index is 6.65. The maximum Gasteiger partial charge on any atom is 0.149 e. The van der Waals surface area contributed by atoms with Gasteiger partial charge in [-0.3, -0.25) is 9.55 Å². The Morgan fingerprint density at radius 1 is 0.744 bits per heavy atom. The van der Waals surface area contributed by atoms with Crippen LogP contribution in [0, 0.1) is 6.92 Å². The first-order valence-corrected chi connectivity index (χ1v) is 13.7. The second kappa shape index (κ2) is 8.81. The molecule has 0 unspecified atom stereocenters. The molecule has 0 saturated heterocycles. The van der Waals surface area contributed by atoms with Crippen LogP contribution in [0.2, 0.25) is 0 Å². The van der Waals surface area contributed by atoms with Crippen LogP contribution in [-0.2, 0) is 0 Å². The van der Waals surface area contributed by atoms with Crippen LogP contribution in [0.3, 0.4) is 0 Å². The summed E-state index contributed by atoms with van der Waals surface area (Å²) in [6.45, 7) is 11.1. The smallest absolute Gasteiger partial charge is 0.149 e. The number of hydrogen-bond acceptors (Lipinski definition) is 3. The van der Waals surface area contributed by atoms with Crippen molar-refractivity contribution in [3.8, 4) is 17.1 Å². The highest BCUT2D eigenvalue weighted by atomic mass is 16.3. The summed E-state index contributed by atoms with van der Waals surface area (Å²) in [6.07, 6.45) is 1.89. The van der Waals surface area contributed by atoms with Gasteiger partial charge in [-0.05, 0) is 64.9 Å². The third kappa shape index (κ3) is 3.59. The molecule has 7 rings (SSSR count). The Kier molecular flexibility index (Phi) is 5.34. The standard InChI is InChI=1S/C35H31N3O/c1-20(2)25-12-8-13-26(21(3)4)33(25)38-30-16-17-36-22(5)32(30)37-35(38)28-15-9-14-27-29-18-23-10-6-7-11-24(23)19-31(29)39-34(27)28/h6-21H,1-5H3. The molecule has 0 fully saturated rings. The highest BCUT2D eigenvalue weighted by Crippen LogP contribution is 2.41. The summed E-state index contributed by atoms with van der Waals surface area (Å²) in [5.41, 5.74) is 9.45. The van der Waals surface area contributed by atoms with Gasteiger partial charge in [-0.2, -0.15) is 0 Å². The summed E-state index contributed by atoms with van der Waals surface area (Å²) in [6, 6.07) is 28.0. The van der Waals surface area contributed by atoms with Crippen LogP contribution in [0.5, 0.6) is 0 Å². The van der Waals surface area contributed by atoms with E-state index in [9.17, 15) is 0 Å². The highest BCUT2D eigenvalue weighted by Gasteiger charge is 2.25. The van der Waals surface area contributed by atoms with E-state index in [1.54, 1.807) is 0 Å². The minimum atomic E-state index is 0.348. The number of aryl methyl sites for hydroxylation is 1. The number of nitrogens with zero attached hydrogens (tertiary/aromatic N) is 3.